The van der Waals surface area contributed by atoms with Gasteiger partial charge in [-0.2, -0.15) is 17.0 Å². The highest BCUT2D eigenvalue weighted by Crippen LogP contribution is 2.34. The van der Waals surface area contributed by atoms with E-state index in [9.17, 15) is 8.42 Å². The molecule has 80 valence electrons. The lowest BCUT2D eigenvalue weighted by Crippen LogP contribution is -2.12. The molecule has 0 N–H and O–H groups in total. The lowest BCUT2D eigenvalue weighted by molar-refractivity contribution is 0.603. The molecule has 0 amide bonds. The average molecular weight is 233 g/mol. The van der Waals surface area contributed by atoms with E-state index in [4.69, 9.17) is 5.26 Å². The highest BCUT2D eigenvalue weighted by Gasteiger charge is 2.27. The van der Waals surface area contributed by atoms with Gasteiger partial charge in [-0.15, -0.1) is 0 Å². The summed E-state index contributed by atoms with van der Waals surface area (Å²) in [5, 5.41) is 9.18. The van der Waals surface area contributed by atoms with Gasteiger partial charge in [-0.25, -0.2) is 8.42 Å². The molecular weight excluding hydrogens is 218 g/mol. The molecule has 0 radical (unpaired) electrons. The van der Waals surface area contributed by atoms with Gasteiger partial charge in [-0.05, 0) is 12.8 Å². The van der Waals surface area contributed by atoms with E-state index in [1.807, 2.05) is 0 Å². The lowest BCUT2D eigenvalue weighted by atomic mass is 10.1. The zero-order chi connectivity index (χ0) is 10.6. The van der Waals surface area contributed by atoms with E-state index < -0.39 is 9.84 Å². The molecule has 0 aromatic rings. The highest BCUT2D eigenvalue weighted by atomic mass is 32.2. The largest absolute Gasteiger partial charge is 0.229 e. The van der Waals surface area contributed by atoms with Crippen LogP contribution < -0.4 is 0 Å². The van der Waals surface area contributed by atoms with Crippen molar-refractivity contribution in [1.29, 1.82) is 5.26 Å². The number of nitrogens with zero attached hydrogens (tertiary/aromatic N) is 1. The second-order valence-electron chi connectivity index (χ2n) is 3.71. The Bertz CT molecular complexity index is 318. The number of rotatable bonds is 4. The predicted octanol–water partition coefficient (Wildman–Crippen LogP) is 1.46. The molecule has 1 saturated carbocycles. The van der Waals surface area contributed by atoms with Crippen molar-refractivity contribution in [3.8, 4) is 6.07 Å². The number of sulfone groups is 1. The Balaban J connectivity index is 2.29. The van der Waals surface area contributed by atoms with Crippen LogP contribution in [0.25, 0.3) is 0 Å². The fourth-order valence-electron chi connectivity index (χ4n) is 1.62. The first-order chi connectivity index (χ1) is 6.53. The van der Waals surface area contributed by atoms with E-state index in [-0.39, 0.29) is 11.7 Å². The third kappa shape index (κ3) is 3.89. The molecular formula is C9H15NO2S2. The molecule has 1 fully saturated rings. The summed E-state index contributed by atoms with van der Waals surface area (Å²) in [6.07, 6.45) is 4.40. The minimum Gasteiger partial charge on any atom is -0.229 e. The molecule has 3 nitrogen and oxygen atoms in total. The van der Waals surface area contributed by atoms with E-state index >= 15 is 0 Å². The van der Waals surface area contributed by atoms with Crippen molar-refractivity contribution in [2.24, 2.45) is 5.92 Å². The molecule has 0 heterocycles. The molecule has 0 aromatic carbocycles. The van der Waals surface area contributed by atoms with Crippen LogP contribution in [0.1, 0.15) is 19.3 Å². The third-order valence-electron chi connectivity index (χ3n) is 2.40. The summed E-state index contributed by atoms with van der Waals surface area (Å²) >= 11 is 1.64. The molecule has 1 aliphatic rings. The van der Waals surface area contributed by atoms with Gasteiger partial charge >= 0.3 is 0 Å². The molecule has 14 heavy (non-hydrogen) atoms. The quantitative estimate of drug-likeness (QED) is 0.737. The SMILES string of the molecule is CS(=O)(=O)CCSC1CCCC1C#N. The standard InChI is InChI=1S/C9H15NO2S2/c1-14(11,12)6-5-13-9-4-2-3-8(9)7-10/h8-9H,2-6H2,1H3. The maximum Gasteiger partial charge on any atom is 0.148 e. The molecule has 0 saturated heterocycles. The van der Waals surface area contributed by atoms with Crippen molar-refractivity contribution >= 4 is 21.6 Å². The summed E-state index contributed by atoms with van der Waals surface area (Å²) in [6.45, 7) is 0. The second kappa shape index (κ2) is 5.04. The van der Waals surface area contributed by atoms with Crippen LogP contribution in [-0.4, -0.2) is 31.4 Å². The zero-order valence-corrected chi connectivity index (χ0v) is 9.90. The topological polar surface area (TPSA) is 57.9 Å². The molecule has 0 spiro atoms. The van der Waals surface area contributed by atoms with Crippen LogP contribution in [0.15, 0.2) is 0 Å². The van der Waals surface area contributed by atoms with Gasteiger partial charge in [0.1, 0.15) is 9.84 Å². The lowest BCUT2D eigenvalue weighted by Gasteiger charge is -2.11. The van der Waals surface area contributed by atoms with Crippen molar-refractivity contribution in [3.05, 3.63) is 0 Å². The summed E-state index contributed by atoms with van der Waals surface area (Å²) < 4.78 is 21.8. The number of hydrogen-bond donors (Lipinski definition) is 0. The van der Waals surface area contributed by atoms with Crippen molar-refractivity contribution < 1.29 is 8.42 Å². The Kier molecular flexibility index (Phi) is 4.27. The smallest absolute Gasteiger partial charge is 0.148 e. The number of hydrogen-bond acceptors (Lipinski definition) is 4. The van der Waals surface area contributed by atoms with Gasteiger partial charge in [0.25, 0.3) is 0 Å². The first-order valence-corrected chi connectivity index (χ1v) is 7.83. The van der Waals surface area contributed by atoms with Gasteiger partial charge in [0.2, 0.25) is 0 Å². The minimum absolute atomic E-state index is 0.138. The molecule has 0 aliphatic heterocycles. The normalized spacial score (nSPS) is 27.4. The maximum atomic E-state index is 10.9. The zero-order valence-electron chi connectivity index (χ0n) is 8.27. The van der Waals surface area contributed by atoms with E-state index in [1.54, 1.807) is 11.8 Å². The molecule has 0 aromatic heterocycles. The van der Waals surface area contributed by atoms with Crippen LogP contribution in [0.3, 0.4) is 0 Å². The van der Waals surface area contributed by atoms with E-state index in [1.165, 1.54) is 6.26 Å². The third-order valence-corrected chi connectivity index (χ3v) is 5.04. The Morgan fingerprint density at radius 1 is 1.50 bits per heavy atom. The molecule has 0 bridgehead atoms. The first kappa shape index (κ1) is 11.9. The minimum atomic E-state index is -2.84. The highest BCUT2D eigenvalue weighted by molar-refractivity contribution is 8.01. The summed E-state index contributed by atoms with van der Waals surface area (Å²) in [5.41, 5.74) is 0. The summed E-state index contributed by atoms with van der Waals surface area (Å²) in [4.78, 5) is 0. The summed E-state index contributed by atoms with van der Waals surface area (Å²) in [7, 11) is -2.84. The van der Waals surface area contributed by atoms with Crippen LogP contribution in [0.4, 0.5) is 0 Å². The Morgan fingerprint density at radius 2 is 2.21 bits per heavy atom. The van der Waals surface area contributed by atoms with Gasteiger partial charge in [-0.3, -0.25) is 0 Å². The Morgan fingerprint density at radius 3 is 2.79 bits per heavy atom. The molecule has 1 rings (SSSR count). The van der Waals surface area contributed by atoms with Crippen molar-refractivity contribution in [2.75, 3.05) is 17.8 Å². The van der Waals surface area contributed by atoms with Crippen molar-refractivity contribution in [2.45, 2.75) is 24.5 Å². The van der Waals surface area contributed by atoms with E-state index in [2.05, 4.69) is 6.07 Å². The van der Waals surface area contributed by atoms with E-state index in [0.29, 0.717) is 11.0 Å². The molecule has 5 heteroatoms. The van der Waals surface area contributed by atoms with Gasteiger partial charge in [0.15, 0.2) is 0 Å². The molecule has 2 unspecified atom stereocenters. The summed E-state index contributed by atoms with van der Waals surface area (Å²) in [6, 6.07) is 2.29. The van der Waals surface area contributed by atoms with E-state index in [0.717, 1.165) is 19.3 Å². The monoisotopic (exact) mass is 233 g/mol. The molecule has 2 atom stereocenters. The van der Waals surface area contributed by atoms with Crippen molar-refractivity contribution in [3.63, 3.8) is 0 Å². The van der Waals surface area contributed by atoms with Crippen LogP contribution in [0.2, 0.25) is 0 Å². The van der Waals surface area contributed by atoms with Crippen LogP contribution in [-0.2, 0) is 9.84 Å². The number of thioether (sulfide) groups is 1. The fourth-order valence-corrected chi connectivity index (χ4v) is 4.29. The van der Waals surface area contributed by atoms with Gasteiger partial charge in [0.05, 0.1) is 17.7 Å². The second-order valence-corrected chi connectivity index (χ2v) is 7.31. The molecule has 1 aliphatic carbocycles. The average Bonchev–Trinajstić information content (AvgIpc) is 2.49. The van der Waals surface area contributed by atoms with Crippen LogP contribution in [0, 0.1) is 17.2 Å². The van der Waals surface area contributed by atoms with Gasteiger partial charge in [-0.1, -0.05) is 6.42 Å². The fraction of sp³-hybridized carbons (Fsp3) is 0.889. The van der Waals surface area contributed by atoms with Crippen molar-refractivity contribution in [1.82, 2.24) is 0 Å². The van der Waals surface area contributed by atoms with Gasteiger partial charge in [0, 0.05) is 17.3 Å². The van der Waals surface area contributed by atoms with Crippen LogP contribution in [0.5, 0.6) is 0 Å². The van der Waals surface area contributed by atoms with Gasteiger partial charge < -0.3 is 0 Å². The first-order valence-electron chi connectivity index (χ1n) is 4.72. The Labute approximate surface area is 89.8 Å². The van der Waals surface area contributed by atoms with Crippen LogP contribution >= 0.6 is 11.8 Å². The Hall–Kier alpha value is -0.210. The number of nitriles is 1. The predicted molar refractivity (Wildman–Crippen MR) is 58.9 cm³/mol. The maximum absolute atomic E-state index is 10.9. The summed E-state index contributed by atoms with van der Waals surface area (Å²) in [5.74, 6) is 0.994.